The van der Waals surface area contributed by atoms with Crippen LogP contribution in [0.2, 0.25) is 0 Å². The van der Waals surface area contributed by atoms with Crippen molar-refractivity contribution in [2.45, 2.75) is 52.1 Å². The fraction of sp³-hybridized carbons (Fsp3) is 0.360. The van der Waals surface area contributed by atoms with E-state index in [1.54, 1.807) is 24.3 Å². The van der Waals surface area contributed by atoms with Gasteiger partial charge in [0, 0.05) is 23.8 Å². The molecule has 0 N–H and O–H groups in total. The topological polar surface area (TPSA) is 40.6 Å². The summed E-state index contributed by atoms with van der Waals surface area (Å²) < 4.78 is 14.0. The van der Waals surface area contributed by atoms with Gasteiger partial charge in [0.05, 0.1) is 11.4 Å². The van der Waals surface area contributed by atoms with E-state index >= 15 is 0 Å². The van der Waals surface area contributed by atoms with Crippen molar-refractivity contribution >= 4 is 34.7 Å². The van der Waals surface area contributed by atoms with E-state index in [2.05, 4.69) is 44.9 Å². The van der Waals surface area contributed by atoms with E-state index in [9.17, 15) is 14.0 Å². The highest BCUT2D eigenvalue weighted by molar-refractivity contribution is 8.18. The Morgan fingerprint density at radius 1 is 1.23 bits per heavy atom. The first-order chi connectivity index (χ1) is 14.6. The summed E-state index contributed by atoms with van der Waals surface area (Å²) in [6, 6.07) is 10.5. The van der Waals surface area contributed by atoms with Gasteiger partial charge >= 0.3 is 0 Å². The highest BCUT2D eigenvalue weighted by Crippen LogP contribution is 2.44. The van der Waals surface area contributed by atoms with Crippen molar-refractivity contribution in [2.24, 2.45) is 0 Å². The van der Waals surface area contributed by atoms with Gasteiger partial charge in [0.1, 0.15) is 5.82 Å². The third-order valence-corrected chi connectivity index (χ3v) is 7.38. The van der Waals surface area contributed by atoms with Gasteiger partial charge < -0.3 is 4.90 Å². The van der Waals surface area contributed by atoms with Crippen LogP contribution in [-0.4, -0.2) is 28.6 Å². The van der Waals surface area contributed by atoms with Crippen LogP contribution in [0.4, 0.5) is 14.9 Å². The zero-order valence-corrected chi connectivity index (χ0v) is 19.3. The highest BCUT2D eigenvalue weighted by atomic mass is 32.2. The maximum Gasteiger partial charge on any atom is 0.293 e. The van der Waals surface area contributed by atoms with Gasteiger partial charge in [-0.2, -0.15) is 0 Å². The molecule has 2 aromatic carbocycles. The van der Waals surface area contributed by atoms with Crippen molar-refractivity contribution in [1.29, 1.82) is 0 Å². The lowest BCUT2D eigenvalue weighted by molar-refractivity contribution is -0.123. The van der Waals surface area contributed by atoms with Gasteiger partial charge in [0.15, 0.2) is 0 Å². The second kappa shape index (κ2) is 7.83. The fourth-order valence-corrected chi connectivity index (χ4v) is 5.29. The summed E-state index contributed by atoms with van der Waals surface area (Å²) in [6.45, 7) is 8.70. The molecule has 31 heavy (non-hydrogen) atoms. The summed E-state index contributed by atoms with van der Waals surface area (Å²) in [6.07, 6.45) is 2.84. The largest absolute Gasteiger partial charge is 0.369 e. The summed E-state index contributed by atoms with van der Waals surface area (Å²) in [5.74, 6) is -0.399. The van der Waals surface area contributed by atoms with Crippen molar-refractivity contribution in [1.82, 2.24) is 4.90 Å². The Morgan fingerprint density at radius 3 is 2.65 bits per heavy atom. The summed E-state index contributed by atoms with van der Waals surface area (Å²) in [7, 11) is 2.12. The molecule has 0 spiro atoms. The van der Waals surface area contributed by atoms with Crippen LogP contribution in [0.1, 0.15) is 55.4 Å². The van der Waals surface area contributed by atoms with Crippen LogP contribution in [0.25, 0.3) is 6.08 Å². The van der Waals surface area contributed by atoms with Crippen molar-refractivity contribution in [3.8, 4) is 0 Å². The molecule has 2 aromatic rings. The average molecular weight is 439 g/mol. The van der Waals surface area contributed by atoms with Crippen LogP contribution in [-0.2, 0) is 11.3 Å². The predicted octanol–water partition coefficient (Wildman–Crippen LogP) is 6.09. The molecule has 1 atom stereocenters. The summed E-state index contributed by atoms with van der Waals surface area (Å²) in [4.78, 5) is 29.2. The molecule has 1 unspecified atom stereocenters. The van der Waals surface area contributed by atoms with E-state index in [1.807, 2.05) is 6.92 Å². The Bertz CT molecular complexity index is 1110. The molecule has 2 amide bonds. The summed E-state index contributed by atoms with van der Waals surface area (Å²) >= 11 is 0.915. The van der Waals surface area contributed by atoms with Crippen LogP contribution in [0.15, 0.2) is 41.3 Å². The minimum Gasteiger partial charge on any atom is -0.369 e. The van der Waals surface area contributed by atoms with Crippen LogP contribution >= 0.6 is 11.8 Å². The summed E-state index contributed by atoms with van der Waals surface area (Å²) in [5.41, 5.74) is 4.87. The quantitative estimate of drug-likeness (QED) is 0.544. The van der Waals surface area contributed by atoms with Crippen LogP contribution in [0.5, 0.6) is 0 Å². The van der Waals surface area contributed by atoms with E-state index in [0.29, 0.717) is 16.4 Å². The van der Waals surface area contributed by atoms with Crippen molar-refractivity contribution in [2.75, 3.05) is 11.9 Å². The zero-order valence-electron chi connectivity index (χ0n) is 18.5. The SMILES string of the molecule is Cc1cc2c(cc1/C=C1\SC(=O)N(Cc3ccccc3F)C1=O)C(C)CC(C)(C)N2C. The minimum absolute atomic E-state index is 0.0608. The van der Waals surface area contributed by atoms with Gasteiger partial charge in [0.2, 0.25) is 0 Å². The van der Waals surface area contributed by atoms with Gasteiger partial charge in [0.25, 0.3) is 11.1 Å². The maximum atomic E-state index is 14.0. The Hall–Kier alpha value is -2.60. The second-order valence-corrected chi connectivity index (χ2v) is 10.1. The number of rotatable bonds is 3. The number of hydrogen-bond acceptors (Lipinski definition) is 4. The molecule has 0 aliphatic carbocycles. The molecule has 2 heterocycles. The van der Waals surface area contributed by atoms with Gasteiger partial charge in [-0.1, -0.05) is 25.1 Å². The third-order valence-electron chi connectivity index (χ3n) is 6.47. The Balaban J connectivity index is 1.65. The molecule has 162 valence electrons. The Labute approximate surface area is 187 Å². The first-order valence-corrected chi connectivity index (χ1v) is 11.3. The smallest absolute Gasteiger partial charge is 0.293 e. The molecule has 2 aliphatic heterocycles. The molecule has 1 saturated heterocycles. The van der Waals surface area contributed by atoms with E-state index in [0.717, 1.165) is 34.2 Å². The number of thioether (sulfide) groups is 1. The number of carbonyl (C=O) groups excluding carboxylic acids is 2. The Kier molecular flexibility index (Phi) is 5.46. The average Bonchev–Trinajstić information content (AvgIpc) is 2.96. The molecule has 0 bridgehead atoms. The number of fused-ring (bicyclic) bond motifs is 1. The van der Waals surface area contributed by atoms with Gasteiger partial charge in [-0.05, 0) is 85.8 Å². The Morgan fingerprint density at radius 2 is 1.94 bits per heavy atom. The van der Waals surface area contributed by atoms with Crippen LogP contribution < -0.4 is 4.90 Å². The fourth-order valence-electron chi connectivity index (χ4n) is 4.46. The standard InChI is InChI=1S/C25H27FN2O2S/c1-15-10-21-19(16(2)13-25(3,4)27(21)5)11-18(15)12-22-23(29)28(24(30)31-22)14-17-8-6-7-9-20(17)26/h6-12,16H,13-14H2,1-5H3/b22-12-. The lowest BCUT2D eigenvalue weighted by atomic mass is 9.79. The molecule has 0 aromatic heterocycles. The van der Waals surface area contributed by atoms with E-state index < -0.39 is 5.82 Å². The molecule has 0 radical (unpaired) electrons. The van der Waals surface area contributed by atoms with Crippen LogP contribution in [0, 0.1) is 12.7 Å². The number of nitrogens with zero attached hydrogens (tertiary/aromatic N) is 2. The van der Waals surface area contributed by atoms with Crippen molar-refractivity contribution < 1.29 is 14.0 Å². The van der Waals surface area contributed by atoms with Crippen LogP contribution in [0.3, 0.4) is 0 Å². The molecule has 6 heteroatoms. The first-order valence-electron chi connectivity index (χ1n) is 10.5. The van der Waals surface area contributed by atoms with Crippen molar-refractivity contribution in [3.63, 3.8) is 0 Å². The van der Waals surface area contributed by atoms with Crippen molar-refractivity contribution in [3.05, 3.63) is 69.4 Å². The van der Waals surface area contributed by atoms with E-state index in [4.69, 9.17) is 0 Å². The molecule has 1 fully saturated rings. The molecular weight excluding hydrogens is 411 g/mol. The number of imide groups is 1. The molecular formula is C25H27FN2O2S. The number of aryl methyl sites for hydroxylation is 1. The van der Waals surface area contributed by atoms with Gasteiger partial charge in [-0.3, -0.25) is 14.5 Å². The number of anilines is 1. The number of halogens is 1. The monoisotopic (exact) mass is 438 g/mol. The minimum atomic E-state index is -0.419. The molecule has 0 saturated carbocycles. The second-order valence-electron chi connectivity index (χ2n) is 9.10. The maximum absolute atomic E-state index is 14.0. The summed E-state index contributed by atoms with van der Waals surface area (Å²) in [5, 5.41) is -0.370. The molecule has 4 rings (SSSR count). The predicted molar refractivity (Wildman–Crippen MR) is 125 cm³/mol. The van der Waals surface area contributed by atoms with Gasteiger partial charge in [-0.15, -0.1) is 0 Å². The van der Waals surface area contributed by atoms with E-state index in [-0.39, 0.29) is 23.2 Å². The normalized spacial score (nSPS) is 21.7. The number of carbonyl (C=O) groups is 2. The van der Waals surface area contributed by atoms with E-state index in [1.165, 1.54) is 17.3 Å². The lowest BCUT2D eigenvalue weighted by Gasteiger charge is -2.45. The highest BCUT2D eigenvalue weighted by Gasteiger charge is 2.37. The molecule has 4 nitrogen and oxygen atoms in total. The lowest BCUT2D eigenvalue weighted by Crippen LogP contribution is -2.45. The third kappa shape index (κ3) is 3.89. The first kappa shape index (κ1) is 21.6. The number of amides is 2. The van der Waals surface area contributed by atoms with Gasteiger partial charge in [-0.25, -0.2) is 4.39 Å². The molecule has 2 aliphatic rings. The zero-order chi connectivity index (χ0) is 22.5. The number of hydrogen-bond donors (Lipinski definition) is 0. The number of benzene rings is 2.